The van der Waals surface area contributed by atoms with Crippen LogP contribution in [0.1, 0.15) is 25.0 Å². The standard InChI is InChI=1S/C16H22N4/c1-5-16(6-8-17-11-16)12-20(9-1)10-14-3-2-13-4-7-18-15(13)19-14/h2-4,7,17H,1,5-6,8-12H2,(H,18,19)/t16-/m0/s1. The molecule has 2 saturated heterocycles. The maximum Gasteiger partial charge on any atom is 0.137 e. The van der Waals surface area contributed by atoms with Crippen LogP contribution < -0.4 is 5.32 Å². The number of H-pyrrole nitrogens is 1. The van der Waals surface area contributed by atoms with E-state index in [0.717, 1.165) is 12.2 Å². The molecule has 2 aliphatic heterocycles. The van der Waals surface area contributed by atoms with Crippen LogP contribution >= 0.6 is 0 Å². The van der Waals surface area contributed by atoms with Gasteiger partial charge in [-0.3, -0.25) is 4.90 Å². The molecule has 4 nitrogen and oxygen atoms in total. The second-order valence-electron chi connectivity index (χ2n) is 6.46. The van der Waals surface area contributed by atoms with Crippen LogP contribution in [0.15, 0.2) is 24.4 Å². The van der Waals surface area contributed by atoms with Crippen molar-refractivity contribution in [1.29, 1.82) is 0 Å². The molecule has 20 heavy (non-hydrogen) atoms. The number of pyridine rings is 1. The SMILES string of the molecule is c1cc2ccc(CN3CCC[C@@]4(CCNC4)C3)nc2[nH]1. The third-order valence-corrected chi connectivity index (χ3v) is 4.93. The van der Waals surface area contributed by atoms with Gasteiger partial charge in [-0.05, 0) is 56.0 Å². The number of fused-ring (bicyclic) bond motifs is 1. The highest BCUT2D eigenvalue weighted by atomic mass is 15.2. The average Bonchev–Trinajstić information content (AvgIpc) is 3.08. The zero-order valence-electron chi connectivity index (χ0n) is 11.9. The maximum atomic E-state index is 4.73. The van der Waals surface area contributed by atoms with Crippen molar-refractivity contribution in [2.24, 2.45) is 5.41 Å². The molecule has 0 radical (unpaired) electrons. The summed E-state index contributed by atoms with van der Waals surface area (Å²) in [4.78, 5) is 10.5. The Kier molecular flexibility index (Phi) is 3.00. The molecular formula is C16H22N4. The second-order valence-corrected chi connectivity index (χ2v) is 6.46. The first kappa shape index (κ1) is 12.4. The van der Waals surface area contributed by atoms with Crippen molar-refractivity contribution >= 4 is 11.0 Å². The fourth-order valence-corrected chi connectivity index (χ4v) is 3.88. The highest BCUT2D eigenvalue weighted by molar-refractivity contribution is 5.75. The lowest BCUT2D eigenvalue weighted by Crippen LogP contribution is -2.44. The molecule has 0 bridgehead atoms. The summed E-state index contributed by atoms with van der Waals surface area (Å²) in [7, 11) is 0. The lowest BCUT2D eigenvalue weighted by atomic mass is 9.79. The van der Waals surface area contributed by atoms with Crippen LogP contribution in [0.3, 0.4) is 0 Å². The zero-order valence-corrected chi connectivity index (χ0v) is 11.9. The van der Waals surface area contributed by atoms with Crippen LogP contribution in [0.5, 0.6) is 0 Å². The van der Waals surface area contributed by atoms with Crippen LogP contribution in [0.4, 0.5) is 0 Å². The molecule has 1 spiro atoms. The molecule has 2 fully saturated rings. The monoisotopic (exact) mass is 270 g/mol. The molecule has 0 aliphatic carbocycles. The van der Waals surface area contributed by atoms with E-state index >= 15 is 0 Å². The first-order valence-corrected chi connectivity index (χ1v) is 7.69. The van der Waals surface area contributed by atoms with E-state index in [4.69, 9.17) is 4.98 Å². The minimum absolute atomic E-state index is 0.536. The molecule has 2 aromatic rings. The van der Waals surface area contributed by atoms with Gasteiger partial charge in [-0.25, -0.2) is 4.98 Å². The Morgan fingerprint density at radius 3 is 3.15 bits per heavy atom. The number of piperidine rings is 1. The van der Waals surface area contributed by atoms with Crippen molar-refractivity contribution in [3.05, 3.63) is 30.1 Å². The number of rotatable bonds is 2. The Balaban J connectivity index is 1.50. The minimum Gasteiger partial charge on any atom is -0.346 e. The second kappa shape index (κ2) is 4.86. The lowest BCUT2D eigenvalue weighted by Gasteiger charge is -2.39. The number of nitrogens with one attached hydrogen (secondary N) is 2. The Morgan fingerprint density at radius 1 is 1.25 bits per heavy atom. The third kappa shape index (κ3) is 2.23. The summed E-state index contributed by atoms with van der Waals surface area (Å²) < 4.78 is 0. The zero-order chi connectivity index (χ0) is 13.4. The summed E-state index contributed by atoms with van der Waals surface area (Å²) in [5.41, 5.74) is 2.73. The van der Waals surface area contributed by atoms with Crippen molar-refractivity contribution in [3.63, 3.8) is 0 Å². The first-order valence-electron chi connectivity index (χ1n) is 7.69. The Labute approximate surface area is 119 Å². The predicted octanol–water partition coefficient (Wildman–Crippen LogP) is 2.14. The van der Waals surface area contributed by atoms with Gasteiger partial charge >= 0.3 is 0 Å². The van der Waals surface area contributed by atoms with Gasteiger partial charge in [0.05, 0.1) is 5.69 Å². The Bertz CT molecular complexity index is 597. The summed E-state index contributed by atoms with van der Waals surface area (Å²) in [6.07, 6.45) is 6.01. The molecule has 0 aromatic carbocycles. The molecule has 2 N–H and O–H groups in total. The molecule has 0 saturated carbocycles. The van der Waals surface area contributed by atoms with Crippen molar-refractivity contribution in [3.8, 4) is 0 Å². The first-order chi connectivity index (χ1) is 9.83. The molecule has 0 unspecified atom stereocenters. The number of likely N-dealkylation sites (tertiary alicyclic amines) is 1. The number of aromatic nitrogens is 2. The van der Waals surface area contributed by atoms with E-state index in [-0.39, 0.29) is 0 Å². The van der Waals surface area contributed by atoms with Gasteiger partial charge in [-0.15, -0.1) is 0 Å². The quantitative estimate of drug-likeness (QED) is 0.878. The minimum atomic E-state index is 0.536. The topological polar surface area (TPSA) is 44.0 Å². The number of nitrogens with zero attached hydrogens (tertiary/aromatic N) is 2. The van der Waals surface area contributed by atoms with Crippen molar-refractivity contribution < 1.29 is 0 Å². The predicted molar refractivity (Wildman–Crippen MR) is 80.5 cm³/mol. The van der Waals surface area contributed by atoms with Gasteiger partial charge in [-0.2, -0.15) is 0 Å². The van der Waals surface area contributed by atoms with Gasteiger partial charge < -0.3 is 10.3 Å². The highest BCUT2D eigenvalue weighted by Gasteiger charge is 2.37. The Morgan fingerprint density at radius 2 is 2.25 bits per heavy atom. The molecule has 4 heteroatoms. The molecule has 4 rings (SSSR count). The summed E-state index contributed by atoms with van der Waals surface area (Å²) in [5, 5.41) is 4.74. The largest absolute Gasteiger partial charge is 0.346 e. The smallest absolute Gasteiger partial charge is 0.137 e. The number of hydrogen-bond acceptors (Lipinski definition) is 3. The third-order valence-electron chi connectivity index (χ3n) is 4.93. The van der Waals surface area contributed by atoms with Gasteiger partial charge in [0.15, 0.2) is 0 Å². The van der Waals surface area contributed by atoms with Gasteiger partial charge in [-0.1, -0.05) is 0 Å². The average molecular weight is 270 g/mol. The van der Waals surface area contributed by atoms with E-state index in [2.05, 4.69) is 33.4 Å². The highest BCUT2D eigenvalue weighted by Crippen LogP contribution is 2.35. The van der Waals surface area contributed by atoms with E-state index in [1.54, 1.807) is 0 Å². The van der Waals surface area contributed by atoms with Crippen molar-refractivity contribution in [2.75, 3.05) is 26.2 Å². The number of aromatic amines is 1. The molecular weight excluding hydrogens is 248 g/mol. The van der Waals surface area contributed by atoms with Crippen molar-refractivity contribution in [2.45, 2.75) is 25.8 Å². The van der Waals surface area contributed by atoms with Gasteiger partial charge in [0.1, 0.15) is 5.65 Å². The molecule has 106 valence electrons. The van der Waals surface area contributed by atoms with Crippen LogP contribution in [-0.2, 0) is 6.54 Å². The van der Waals surface area contributed by atoms with E-state index in [9.17, 15) is 0 Å². The maximum absolute atomic E-state index is 4.73. The van der Waals surface area contributed by atoms with Gasteiger partial charge in [0.2, 0.25) is 0 Å². The Hall–Kier alpha value is -1.39. The van der Waals surface area contributed by atoms with Gasteiger partial charge in [0.25, 0.3) is 0 Å². The molecule has 1 atom stereocenters. The number of hydrogen-bond donors (Lipinski definition) is 2. The van der Waals surface area contributed by atoms with E-state index in [1.807, 2.05) is 6.20 Å². The molecule has 2 aliphatic rings. The normalized spacial score (nSPS) is 27.6. The fraction of sp³-hybridized carbons (Fsp3) is 0.562. The van der Waals surface area contributed by atoms with Crippen molar-refractivity contribution in [1.82, 2.24) is 20.2 Å². The van der Waals surface area contributed by atoms with Crippen LogP contribution in [-0.4, -0.2) is 41.0 Å². The van der Waals surface area contributed by atoms with E-state index in [0.29, 0.717) is 5.41 Å². The molecule has 0 amide bonds. The molecule has 4 heterocycles. The van der Waals surface area contributed by atoms with Gasteiger partial charge in [0, 0.05) is 31.2 Å². The summed E-state index contributed by atoms with van der Waals surface area (Å²) in [6.45, 7) is 5.82. The molecule has 2 aromatic heterocycles. The lowest BCUT2D eigenvalue weighted by molar-refractivity contribution is 0.0969. The van der Waals surface area contributed by atoms with Crippen LogP contribution in [0, 0.1) is 5.41 Å². The van der Waals surface area contributed by atoms with E-state index in [1.165, 1.54) is 56.5 Å². The van der Waals surface area contributed by atoms with Crippen LogP contribution in [0.2, 0.25) is 0 Å². The summed E-state index contributed by atoms with van der Waals surface area (Å²) in [6, 6.07) is 6.42. The fourth-order valence-electron chi connectivity index (χ4n) is 3.88. The van der Waals surface area contributed by atoms with E-state index < -0.39 is 0 Å². The summed E-state index contributed by atoms with van der Waals surface area (Å²) >= 11 is 0. The van der Waals surface area contributed by atoms with Crippen LogP contribution in [0.25, 0.3) is 11.0 Å². The summed E-state index contributed by atoms with van der Waals surface area (Å²) in [5.74, 6) is 0.